The van der Waals surface area contributed by atoms with Crippen LogP contribution in [0, 0.1) is 13.8 Å². The summed E-state index contributed by atoms with van der Waals surface area (Å²) in [5, 5.41) is 103. The van der Waals surface area contributed by atoms with Gasteiger partial charge in [-0.2, -0.15) is 0 Å². The lowest BCUT2D eigenvalue weighted by Crippen LogP contribution is -2.41. The lowest BCUT2D eigenvalue weighted by atomic mass is 9.75. The maximum Gasteiger partial charge on any atom is 0.494 e. The zero-order valence-electron chi connectivity index (χ0n) is 41.5. The van der Waals surface area contributed by atoms with Crippen LogP contribution in [-0.4, -0.2) is 79.4 Å². The first-order valence-electron chi connectivity index (χ1n) is 23.9. The third-order valence-corrected chi connectivity index (χ3v) is 14.4. The number of hydrogen-bond acceptors (Lipinski definition) is 14. The zero-order valence-corrected chi connectivity index (χ0v) is 41.5. The monoisotopic (exact) mass is 1000 g/mol. The molecule has 1 aliphatic rings. The molecule has 1 fully saturated rings. The molecule has 0 bridgehead atoms. The number of pyridine rings is 2. The highest BCUT2D eigenvalue weighted by molar-refractivity contribution is 6.62. The van der Waals surface area contributed by atoms with Crippen LogP contribution in [0.15, 0.2) is 140 Å². The van der Waals surface area contributed by atoms with Crippen molar-refractivity contribution in [1.82, 2.24) is 9.97 Å². The molecule has 0 radical (unpaired) electrons. The molecular weight excluding hydrogens is 951 g/mol. The maximum atomic E-state index is 10.6. The van der Waals surface area contributed by atoms with Gasteiger partial charge in [-0.3, -0.25) is 9.97 Å². The lowest BCUT2D eigenvalue weighted by Gasteiger charge is -2.32. The highest BCUT2D eigenvalue weighted by Crippen LogP contribution is 2.57. The van der Waals surface area contributed by atoms with Crippen LogP contribution >= 0.6 is 0 Å². The molecule has 0 unspecified atom stereocenters. The molecule has 75 heavy (non-hydrogen) atoms. The highest BCUT2D eigenvalue weighted by atomic mass is 16.7. The highest BCUT2D eigenvalue weighted by Gasteiger charge is 2.52. The van der Waals surface area contributed by atoms with Crippen molar-refractivity contribution in [3.63, 3.8) is 0 Å². The third-order valence-electron chi connectivity index (χ3n) is 14.4. The van der Waals surface area contributed by atoms with Crippen molar-refractivity contribution in [2.45, 2.75) is 52.7 Å². The summed E-state index contributed by atoms with van der Waals surface area (Å²) in [4.78, 5) is 9.18. The molecular formula is C60H51BN2O12. The SMILES string of the molecule is Cc1cc(-c2ccc(-c3ccccc3-c3cc(B4OC(C)(C)C(C)(C)O4)cc(-c4ccccc4-c4ccc(-c5cc(C)c(-c6c(O)c(O)c(O)c(O)c6O)cn5)cc4)c3)cc2)ncc1-c1c(O)c(O)c(O)c(O)c1O. The molecule has 0 atom stereocenters. The minimum atomic E-state index is -1.04. The largest absolute Gasteiger partial charge is 0.504 e. The summed E-state index contributed by atoms with van der Waals surface area (Å²) >= 11 is 0. The molecule has 10 rings (SSSR count). The van der Waals surface area contributed by atoms with Crippen LogP contribution in [0.25, 0.3) is 89.3 Å². The second kappa shape index (κ2) is 18.4. The average molecular weight is 1000 g/mol. The standard InChI is InChI=1S/C60H51BN2O12/c1-30-23-45(62-28-43(30)47-49(64)53(68)57(72)54(69)50(47)65)34-19-15-32(16-20-34)39-11-7-9-13-41(39)36-25-37(27-38(26-36)61-74-59(3,4)60(5,6)75-61)42-14-10-8-12-40(42)33-17-21-35(22-18-33)46-24-31(2)44(29-63-46)48-51(66)55(70)58(73)56(71)52(48)67/h7-29,64-73H,1-6H3. The first kappa shape index (κ1) is 49.4. The fraction of sp³-hybridized carbons (Fsp3) is 0.133. The third kappa shape index (κ3) is 8.47. The van der Waals surface area contributed by atoms with E-state index >= 15 is 0 Å². The van der Waals surface area contributed by atoms with Crippen molar-refractivity contribution < 1.29 is 60.4 Å². The van der Waals surface area contributed by atoms with Crippen LogP contribution in [0.1, 0.15) is 38.8 Å². The van der Waals surface area contributed by atoms with Gasteiger partial charge in [-0.1, -0.05) is 109 Å². The van der Waals surface area contributed by atoms with Crippen LogP contribution in [0.5, 0.6) is 57.5 Å². The first-order valence-corrected chi connectivity index (χ1v) is 23.9. The smallest absolute Gasteiger partial charge is 0.494 e. The maximum absolute atomic E-state index is 10.6. The average Bonchev–Trinajstić information content (AvgIpc) is 3.64. The molecule has 3 heterocycles. The van der Waals surface area contributed by atoms with Gasteiger partial charge in [0.15, 0.2) is 23.0 Å². The summed E-state index contributed by atoms with van der Waals surface area (Å²) in [6, 6.07) is 42.1. The number of aromatic hydroxyl groups is 10. The predicted octanol–water partition coefficient (Wildman–Crippen LogP) is 11.8. The van der Waals surface area contributed by atoms with E-state index in [1.807, 2.05) is 100 Å². The Morgan fingerprint density at radius 1 is 0.347 bits per heavy atom. The molecule has 376 valence electrons. The molecule has 0 aliphatic carbocycles. The van der Waals surface area contributed by atoms with Gasteiger partial charge in [0.05, 0.1) is 33.7 Å². The zero-order chi connectivity index (χ0) is 53.4. The van der Waals surface area contributed by atoms with E-state index < -0.39 is 75.8 Å². The summed E-state index contributed by atoms with van der Waals surface area (Å²) < 4.78 is 13.3. The number of phenols is 10. The predicted molar refractivity (Wildman–Crippen MR) is 287 cm³/mol. The summed E-state index contributed by atoms with van der Waals surface area (Å²) in [5.41, 5.74) is 11.1. The molecule has 2 aromatic heterocycles. The van der Waals surface area contributed by atoms with Crippen molar-refractivity contribution in [1.29, 1.82) is 0 Å². The second-order valence-electron chi connectivity index (χ2n) is 19.7. The Balaban J connectivity index is 1.00. The van der Waals surface area contributed by atoms with Crippen LogP contribution in [0.3, 0.4) is 0 Å². The Labute approximate surface area is 431 Å². The summed E-state index contributed by atoms with van der Waals surface area (Å²) in [6.45, 7) is 11.6. The van der Waals surface area contributed by atoms with Gasteiger partial charge in [-0.05, 0) is 121 Å². The number of hydrogen-bond donors (Lipinski definition) is 10. The van der Waals surface area contributed by atoms with E-state index in [1.165, 1.54) is 12.4 Å². The van der Waals surface area contributed by atoms with Gasteiger partial charge in [0.2, 0.25) is 34.5 Å². The van der Waals surface area contributed by atoms with E-state index in [1.54, 1.807) is 26.0 Å². The molecule has 1 aliphatic heterocycles. The first-order chi connectivity index (χ1) is 35.6. The van der Waals surface area contributed by atoms with Gasteiger partial charge < -0.3 is 60.4 Å². The Morgan fingerprint density at radius 2 is 0.640 bits per heavy atom. The molecule has 9 aromatic rings. The number of rotatable bonds is 9. The quantitative estimate of drug-likeness (QED) is 0.0367. The number of aromatic nitrogens is 2. The summed E-state index contributed by atoms with van der Waals surface area (Å²) in [7, 11) is -0.673. The van der Waals surface area contributed by atoms with Crippen molar-refractivity contribution >= 4 is 12.6 Å². The topological polar surface area (TPSA) is 247 Å². The molecule has 0 amide bonds. The van der Waals surface area contributed by atoms with Crippen LogP contribution in [-0.2, 0) is 9.31 Å². The molecule has 14 nitrogen and oxygen atoms in total. The van der Waals surface area contributed by atoms with Gasteiger partial charge in [0, 0.05) is 34.6 Å². The number of benzene rings is 7. The van der Waals surface area contributed by atoms with E-state index in [-0.39, 0.29) is 22.3 Å². The van der Waals surface area contributed by atoms with Gasteiger partial charge in [-0.15, -0.1) is 0 Å². The minimum absolute atomic E-state index is 0.242. The van der Waals surface area contributed by atoms with E-state index in [0.717, 1.165) is 61.1 Å². The van der Waals surface area contributed by atoms with Crippen molar-refractivity contribution in [3.05, 3.63) is 151 Å². The second-order valence-corrected chi connectivity index (χ2v) is 19.7. The number of nitrogens with zero attached hydrogens (tertiary/aromatic N) is 2. The Kier molecular flexibility index (Phi) is 12.1. The Bertz CT molecular complexity index is 3470. The van der Waals surface area contributed by atoms with Crippen molar-refractivity contribution in [3.8, 4) is 147 Å². The van der Waals surface area contributed by atoms with Crippen LogP contribution in [0.4, 0.5) is 0 Å². The molecule has 15 heteroatoms. The van der Waals surface area contributed by atoms with E-state index in [9.17, 15) is 51.1 Å². The normalized spacial score (nSPS) is 13.8. The number of aryl methyl sites for hydroxylation is 2. The van der Waals surface area contributed by atoms with Crippen LogP contribution in [0.2, 0.25) is 0 Å². The van der Waals surface area contributed by atoms with Gasteiger partial charge >= 0.3 is 7.12 Å². The fourth-order valence-corrected chi connectivity index (χ4v) is 9.52. The molecule has 0 spiro atoms. The van der Waals surface area contributed by atoms with E-state index in [4.69, 9.17) is 9.31 Å². The number of phenolic OH excluding ortho intramolecular Hbond substituents is 10. The molecule has 0 saturated carbocycles. The fourth-order valence-electron chi connectivity index (χ4n) is 9.52. The van der Waals surface area contributed by atoms with E-state index in [0.29, 0.717) is 22.5 Å². The molecule has 10 N–H and O–H groups in total. The van der Waals surface area contributed by atoms with Crippen molar-refractivity contribution in [2.24, 2.45) is 0 Å². The molecule has 1 saturated heterocycles. The summed E-state index contributed by atoms with van der Waals surface area (Å²) in [6.07, 6.45) is 2.84. The van der Waals surface area contributed by atoms with Gasteiger partial charge in [0.1, 0.15) is 0 Å². The lowest BCUT2D eigenvalue weighted by molar-refractivity contribution is 0.00578. The minimum Gasteiger partial charge on any atom is -0.504 e. The van der Waals surface area contributed by atoms with Crippen LogP contribution < -0.4 is 5.46 Å². The molecule has 7 aromatic carbocycles. The van der Waals surface area contributed by atoms with Gasteiger partial charge in [-0.25, -0.2) is 0 Å². The Morgan fingerprint density at radius 3 is 0.960 bits per heavy atom. The van der Waals surface area contributed by atoms with Crippen molar-refractivity contribution in [2.75, 3.05) is 0 Å². The van der Waals surface area contributed by atoms with E-state index in [2.05, 4.69) is 52.4 Å². The Hall–Kier alpha value is -9.18. The summed E-state index contributed by atoms with van der Waals surface area (Å²) in [5.74, 6) is -9.12. The van der Waals surface area contributed by atoms with Gasteiger partial charge in [0.25, 0.3) is 0 Å².